The van der Waals surface area contributed by atoms with Crippen LogP contribution in [0.5, 0.6) is 5.75 Å². The van der Waals surface area contributed by atoms with Crippen molar-refractivity contribution >= 4 is 34.7 Å². The molecule has 6 rings (SSSR count). The Bertz CT molecular complexity index is 1560. The number of fused-ring (bicyclic) bond motifs is 3. The van der Waals surface area contributed by atoms with Crippen LogP contribution >= 0.6 is 0 Å². The first kappa shape index (κ1) is 25.3. The van der Waals surface area contributed by atoms with Gasteiger partial charge in [0, 0.05) is 6.07 Å². The van der Waals surface area contributed by atoms with Crippen molar-refractivity contribution in [1.82, 2.24) is 14.4 Å². The van der Waals surface area contributed by atoms with E-state index in [1.807, 2.05) is 33.7 Å². The minimum Gasteiger partial charge on any atom is -1.00 e. The summed E-state index contributed by atoms with van der Waals surface area (Å²) in [5, 5.41) is 0. The third-order valence-corrected chi connectivity index (χ3v) is 6.97. The molecule has 38 heavy (non-hydrogen) atoms. The molecule has 1 aromatic heterocycles. The minimum absolute atomic E-state index is 0. The van der Waals surface area contributed by atoms with Gasteiger partial charge in [0.05, 0.1) is 42.5 Å². The van der Waals surface area contributed by atoms with Crippen LogP contribution in [0.2, 0.25) is 0 Å². The molecule has 0 saturated carbocycles. The number of amides is 4. The first-order chi connectivity index (χ1) is 18.0. The largest absolute Gasteiger partial charge is 1.00 e. The zero-order valence-electron chi connectivity index (χ0n) is 20.5. The Kier molecular flexibility index (Phi) is 6.58. The van der Waals surface area contributed by atoms with Gasteiger partial charge in [0.15, 0.2) is 11.0 Å². The Labute approximate surface area is 228 Å². The number of aromatic nitrogens is 2. The first-order valence-corrected chi connectivity index (χ1v) is 11.9. The normalized spacial score (nSPS) is 14.2. The second-order valence-corrected chi connectivity index (χ2v) is 8.97. The summed E-state index contributed by atoms with van der Waals surface area (Å²) in [5.41, 5.74) is 3.40. The standard InChI is InChI=1S/C28H23N4O5.BrH/c1-37-18-10-11-23-24(16-18)30(13-15-32-27(35)21-8-4-5-9-22(21)28(32)36)17-29(23)12-14-31-25(33)19-6-2-3-7-20(19)26(31)34;/h2-11,16-17H,12-15H2,1H3;1H/q+1;/p-1. The Morgan fingerprint density at radius 3 is 1.68 bits per heavy atom. The average Bonchev–Trinajstić information content (AvgIpc) is 3.49. The molecule has 3 heterocycles. The molecule has 0 fully saturated rings. The number of halogens is 1. The highest BCUT2D eigenvalue weighted by atomic mass is 79.9. The van der Waals surface area contributed by atoms with E-state index in [9.17, 15) is 19.2 Å². The van der Waals surface area contributed by atoms with Crippen LogP contribution in [-0.2, 0) is 13.1 Å². The molecule has 0 saturated heterocycles. The highest BCUT2D eigenvalue weighted by Crippen LogP contribution is 2.25. The number of imide groups is 2. The highest BCUT2D eigenvalue weighted by molar-refractivity contribution is 6.22. The Balaban J connectivity index is 0.00000294. The molecule has 0 radical (unpaired) electrons. The van der Waals surface area contributed by atoms with Crippen LogP contribution in [0.3, 0.4) is 0 Å². The van der Waals surface area contributed by atoms with Crippen LogP contribution in [0.25, 0.3) is 11.0 Å². The van der Waals surface area contributed by atoms with Gasteiger partial charge in [-0.15, -0.1) is 0 Å². The van der Waals surface area contributed by atoms with E-state index in [1.165, 1.54) is 9.80 Å². The minimum atomic E-state index is -0.298. The Hall–Kier alpha value is -4.31. The SMILES string of the molecule is COc1ccc2c(c1)n(CCN1C(=O)c3ccccc3C1=O)c[n+]2CCN1C(=O)c2ccccc2C1=O.[Br-]. The number of carbonyl (C=O) groups is 4. The topological polar surface area (TPSA) is 92.8 Å². The third-order valence-electron chi connectivity index (χ3n) is 6.97. The van der Waals surface area contributed by atoms with Crippen molar-refractivity contribution in [3.05, 3.63) is 95.3 Å². The molecular weight excluding hydrogens is 552 g/mol. The quantitative estimate of drug-likeness (QED) is 0.220. The number of hydrogen-bond donors (Lipinski definition) is 0. The Morgan fingerprint density at radius 1 is 0.684 bits per heavy atom. The molecule has 9 nitrogen and oxygen atoms in total. The molecule has 0 spiro atoms. The monoisotopic (exact) mass is 574 g/mol. The van der Waals surface area contributed by atoms with Crippen molar-refractivity contribution in [3.63, 3.8) is 0 Å². The van der Waals surface area contributed by atoms with E-state index in [0.717, 1.165) is 11.0 Å². The number of benzene rings is 3. The van der Waals surface area contributed by atoms with E-state index < -0.39 is 0 Å². The summed E-state index contributed by atoms with van der Waals surface area (Å²) < 4.78 is 9.31. The predicted octanol–water partition coefficient (Wildman–Crippen LogP) is -0.466. The van der Waals surface area contributed by atoms with Crippen LogP contribution in [-0.4, -0.2) is 58.2 Å². The fourth-order valence-corrected chi connectivity index (χ4v) is 5.05. The van der Waals surface area contributed by atoms with Crippen molar-refractivity contribution in [2.75, 3.05) is 20.2 Å². The lowest BCUT2D eigenvalue weighted by atomic mass is 10.1. The molecule has 10 heteroatoms. The van der Waals surface area contributed by atoms with E-state index in [1.54, 1.807) is 55.6 Å². The summed E-state index contributed by atoms with van der Waals surface area (Å²) in [5.74, 6) is -0.518. The second kappa shape index (κ2) is 9.86. The molecule has 3 aromatic carbocycles. The summed E-state index contributed by atoms with van der Waals surface area (Å²) in [6.45, 7) is 1.16. The van der Waals surface area contributed by atoms with Gasteiger partial charge in [-0.3, -0.25) is 29.0 Å². The smallest absolute Gasteiger partial charge is 0.261 e. The number of hydrogen-bond acceptors (Lipinski definition) is 5. The summed E-state index contributed by atoms with van der Waals surface area (Å²) in [7, 11) is 1.59. The van der Waals surface area contributed by atoms with Crippen molar-refractivity contribution in [2.45, 2.75) is 13.1 Å². The zero-order chi connectivity index (χ0) is 25.7. The van der Waals surface area contributed by atoms with Crippen LogP contribution in [0.4, 0.5) is 0 Å². The third kappa shape index (κ3) is 3.97. The second-order valence-electron chi connectivity index (χ2n) is 8.97. The van der Waals surface area contributed by atoms with Crippen LogP contribution in [0.15, 0.2) is 73.1 Å². The van der Waals surface area contributed by atoms with Gasteiger partial charge >= 0.3 is 0 Å². The summed E-state index contributed by atoms with van der Waals surface area (Å²) >= 11 is 0. The molecule has 0 unspecified atom stereocenters. The van der Waals surface area contributed by atoms with Crippen molar-refractivity contribution in [2.24, 2.45) is 0 Å². The van der Waals surface area contributed by atoms with Crippen molar-refractivity contribution in [3.8, 4) is 5.75 Å². The van der Waals surface area contributed by atoms with Gasteiger partial charge in [0.1, 0.15) is 18.8 Å². The maximum Gasteiger partial charge on any atom is 0.261 e. The molecule has 0 atom stereocenters. The molecule has 4 amide bonds. The number of rotatable bonds is 7. The van der Waals surface area contributed by atoms with E-state index in [0.29, 0.717) is 41.1 Å². The fraction of sp³-hybridized carbons (Fsp3) is 0.179. The van der Waals surface area contributed by atoms with E-state index in [4.69, 9.17) is 4.74 Å². The van der Waals surface area contributed by atoms with Crippen LogP contribution in [0.1, 0.15) is 41.4 Å². The zero-order valence-corrected chi connectivity index (χ0v) is 22.1. The molecule has 192 valence electrons. The van der Waals surface area contributed by atoms with Gasteiger partial charge < -0.3 is 21.7 Å². The van der Waals surface area contributed by atoms with Crippen LogP contribution in [0, 0.1) is 0 Å². The van der Waals surface area contributed by atoms with Gasteiger partial charge in [-0.05, 0) is 36.4 Å². The number of carbonyl (C=O) groups excluding carboxylic acids is 4. The van der Waals surface area contributed by atoms with E-state index in [-0.39, 0.29) is 53.7 Å². The molecule has 0 bridgehead atoms. The fourth-order valence-electron chi connectivity index (χ4n) is 5.05. The summed E-state index contributed by atoms with van der Waals surface area (Å²) in [6.07, 6.45) is 1.88. The van der Waals surface area contributed by atoms with E-state index >= 15 is 0 Å². The molecule has 2 aliphatic rings. The maximum absolute atomic E-state index is 12.8. The van der Waals surface area contributed by atoms with Gasteiger partial charge in [-0.2, -0.15) is 0 Å². The van der Waals surface area contributed by atoms with Crippen molar-refractivity contribution < 1.29 is 45.5 Å². The van der Waals surface area contributed by atoms with Crippen LogP contribution < -0.4 is 26.3 Å². The van der Waals surface area contributed by atoms with Crippen molar-refractivity contribution in [1.29, 1.82) is 0 Å². The number of methoxy groups -OCH3 is 1. The van der Waals surface area contributed by atoms with E-state index in [2.05, 4.69) is 0 Å². The van der Waals surface area contributed by atoms with Gasteiger partial charge in [0.2, 0.25) is 6.33 Å². The molecule has 4 aromatic rings. The lowest BCUT2D eigenvalue weighted by molar-refractivity contribution is -0.671. The highest BCUT2D eigenvalue weighted by Gasteiger charge is 2.36. The maximum atomic E-state index is 12.8. The molecule has 0 aliphatic carbocycles. The lowest BCUT2D eigenvalue weighted by Gasteiger charge is -2.12. The molecule has 2 aliphatic heterocycles. The van der Waals surface area contributed by atoms with Gasteiger partial charge in [-0.25, -0.2) is 9.13 Å². The summed E-state index contributed by atoms with van der Waals surface area (Å²) in [6, 6.07) is 19.3. The number of ether oxygens (including phenoxy) is 1. The first-order valence-electron chi connectivity index (χ1n) is 11.9. The predicted molar refractivity (Wildman–Crippen MR) is 132 cm³/mol. The Morgan fingerprint density at radius 2 is 1.18 bits per heavy atom. The van der Waals surface area contributed by atoms with Gasteiger partial charge in [0.25, 0.3) is 23.6 Å². The molecular formula is C28H23BrN4O5. The van der Waals surface area contributed by atoms with Gasteiger partial charge in [-0.1, -0.05) is 24.3 Å². The summed E-state index contributed by atoms with van der Waals surface area (Å²) in [4.78, 5) is 53.7. The number of nitrogens with zero attached hydrogens (tertiary/aromatic N) is 4. The average molecular weight is 575 g/mol. The number of imidazole rings is 1. The molecule has 0 N–H and O–H groups in total. The lowest BCUT2D eigenvalue weighted by Crippen LogP contribution is -3.00.